The Balaban J connectivity index is 5.14. The summed E-state index contributed by atoms with van der Waals surface area (Å²) in [5, 5.41) is 10.6. The highest BCUT2D eigenvalue weighted by atomic mass is 31.2. The third-order valence-corrected chi connectivity index (χ3v) is 19.9. The maximum absolute atomic E-state index is 13.0. The number of rotatable bonds is 73. The fourth-order valence-electron chi connectivity index (χ4n) is 11.2. The molecule has 0 aromatic heterocycles. The molecule has 19 heteroatoms. The molecule has 0 aliphatic rings. The van der Waals surface area contributed by atoms with Gasteiger partial charge in [-0.05, 0) is 69.1 Å². The van der Waals surface area contributed by atoms with Crippen LogP contribution >= 0.6 is 15.6 Å². The molecule has 0 aromatic carbocycles. The van der Waals surface area contributed by atoms with Gasteiger partial charge in [-0.25, -0.2) is 9.13 Å². The SMILES string of the molecule is CCCCCC/C=C\C=C/CCCCCCCC(=O)O[C@H](COC(=O)CCCCCCCCC(C)CC)COP(=O)(O)OC[C@H](O)COP(=O)(O)OC[C@@H](COC(=O)CCCCCCCCCCCCCCCCCCCCC(C)CC)OC(=O)CCCCCCCCC(C)C. The number of aliphatic hydroxyl groups excluding tert-OH is 1. The summed E-state index contributed by atoms with van der Waals surface area (Å²) in [6.07, 6.45) is 56.7. The van der Waals surface area contributed by atoms with Crippen molar-refractivity contribution >= 4 is 39.5 Å². The van der Waals surface area contributed by atoms with Crippen molar-refractivity contribution in [2.24, 2.45) is 17.8 Å². The highest BCUT2D eigenvalue weighted by Crippen LogP contribution is 2.45. The van der Waals surface area contributed by atoms with Crippen LogP contribution in [-0.4, -0.2) is 96.7 Å². The quantitative estimate of drug-likeness (QED) is 0.0169. The van der Waals surface area contributed by atoms with Gasteiger partial charge in [0, 0.05) is 25.7 Å². The number of allylic oxidation sites excluding steroid dienone is 4. The lowest BCUT2D eigenvalue weighted by molar-refractivity contribution is -0.161. The maximum atomic E-state index is 13.0. The highest BCUT2D eigenvalue weighted by Gasteiger charge is 2.30. The van der Waals surface area contributed by atoms with E-state index < -0.39 is 97.5 Å². The van der Waals surface area contributed by atoms with Crippen LogP contribution in [0.25, 0.3) is 0 Å². The molecule has 0 saturated carbocycles. The summed E-state index contributed by atoms with van der Waals surface area (Å²) in [5.74, 6) is 0.112. The number of phosphoric acid groups is 2. The molecule has 96 heavy (non-hydrogen) atoms. The van der Waals surface area contributed by atoms with E-state index >= 15 is 0 Å². The zero-order valence-corrected chi connectivity index (χ0v) is 64.1. The molecule has 3 N–H and O–H groups in total. The molecule has 566 valence electrons. The van der Waals surface area contributed by atoms with E-state index in [0.717, 1.165) is 121 Å². The fourth-order valence-corrected chi connectivity index (χ4v) is 12.8. The van der Waals surface area contributed by atoms with E-state index in [2.05, 4.69) is 72.8 Å². The van der Waals surface area contributed by atoms with Crippen LogP contribution in [0.4, 0.5) is 0 Å². The van der Waals surface area contributed by atoms with Gasteiger partial charge < -0.3 is 33.8 Å². The first-order valence-corrected chi connectivity index (χ1v) is 42.2. The molecular formula is C77H146O17P2. The molecule has 0 saturated heterocycles. The molecule has 0 spiro atoms. The van der Waals surface area contributed by atoms with Crippen molar-refractivity contribution in [2.45, 2.75) is 388 Å². The van der Waals surface area contributed by atoms with Gasteiger partial charge in [-0.1, -0.05) is 317 Å². The van der Waals surface area contributed by atoms with Crippen molar-refractivity contribution < 1.29 is 80.2 Å². The summed E-state index contributed by atoms with van der Waals surface area (Å²) in [6, 6.07) is 0. The molecule has 17 nitrogen and oxygen atoms in total. The number of phosphoric ester groups is 2. The lowest BCUT2D eigenvalue weighted by Gasteiger charge is -2.21. The Morgan fingerprint density at radius 2 is 0.615 bits per heavy atom. The number of aliphatic hydroxyl groups is 1. The minimum Gasteiger partial charge on any atom is -0.462 e. The third-order valence-electron chi connectivity index (χ3n) is 18.0. The Morgan fingerprint density at radius 3 is 0.927 bits per heavy atom. The van der Waals surface area contributed by atoms with Crippen molar-refractivity contribution in [1.82, 2.24) is 0 Å². The topological polar surface area (TPSA) is 237 Å². The summed E-state index contributed by atoms with van der Waals surface area (Å²) >= 11 is 0. The van der Waals surface area contributed by atoms with E-state index in [4.69, 9.17) is 37.0 Å². The molecular weight excluding hydrogens is 1260 g/mol. The van der Waals surface area contributed by atoms with Crippen LogP contribution in [0.2, 0.25) is 0 Å². The molecule has 0 bridgehead atoms. The first-order valence-electron chi connectivity index (χ1n) is 39.2. The Morgan fingerprint density at radius 1 is 0.344 bits per heavy atom. The zero-order valence-electron chi connectivity index (χ0n) is 62.3. The number of carbonyl (C=O) groups is 4. The van der Waals surface area contributed by atoms with E-state index in [0.29, 0.717) is 31.6 Å². The van der Waals surface area contributed by atoms with Crippen LogP contribution in [0, 0.1) is 17.8 Å². The smallest absolute Gasteiger partial charge is 0.462 e. The van der Waals surface area contributed by atoms with Crippen molar-refractivity contribution in [1.29, 1.82) is 0 Å². The van der Waals surface area contributed by atoms with Gasteiger partial charge in [0.2, 0.25) is 0 Å². The Bertz CT molecular complexity index is 1970. The number of unbranched alkanes of at least 4 members (excludes halogenated alkanes) is 36. The Hall–Kier alpha value is -2.46. The first-order chi connectivity index (χ1) is 46.3. The lowest BCUT2D eigenvalue weighted by atomic mass is 9.99. The molecule has 0 aliphatic heterocycles. The predicted molar refractivity (Wildman–Crippen MR) is 390 cm³/mol. The first kappa shape index (κ1) is 93.5. The third kappa shape index (κ3) is 67.4. The number of hydrogen-bond donors (Lipinski definition) is 3. The van der Waals surface area contributed by atoms with Crippen LogP contribution in [0.1, 0.15) is 370 Å². The summed E-state index contributed by atoms with van der Waals surface area (Å²) in [4.78, 5) is 72.7. The molecule has 0 rings (SSSR count). The summed E-state index contributed by atoms with van der Waals surface area (Å²) < 4.78 is 68.4. The lowest BCUT2D eigenvalue weighted by Crippen LogP contribution is -2.30. The highest BCUT2D eigenvalue weighted by molar-refractivity contribution is 7.47. The summed E-state index contributed by atoms with van der Waals surface area (Å²) in [7, 11) is -9.92. The van der Waals surface area contributed by atoms with Gasteiger partial charge in [-0.2, -0.15) is 0 Å². The normalized spacial score (nSPS) is 14.8. The molecule has 0 amide bonds. The van der Waals surface area contributed by atoms with Crippen LogP contribution in [0.3, 0.4) is 0 Å². The molecule has 0 aliphatic carbocycles. The van der Waals surface area contributed by atoms with Gasteiger partial charge in [0.15, 0.2) is 12.2 Å². The van der Waals surface area contributed by atoms with Crippen molar-refractivity contribution in [3.05, 3.63) is 24.3 Å². The summed E-state index contributed by atoms with van der Waals surface area (Å²) in [6.45, 7) is 11.8. The number of esters is 4. The van der Waals surface area contributed by atoms with Crippen LogP contribution in [-0.2, 0) is 65.4 Å². The van der Waals surface area contributed by atoms with E-state index in [-0.39, 0.29) is 25.7 Å². The molecule has 0 aromatic rings. The standard InChI is InChI=1S/C77H146O17P2/c1-8-11-12-13-14-15-16-17-22-27-30-33-36-46-53-60-76(81)93-72(65-88-75(80)59-52-45-40-38-43-50-57-70(7)10-3)66-91-95(83,84)89-62-71(78)63-90-96(85,86)92-67-73(94-77(82)61-54-47-39-37-41-48-55-68(4)5)64-87-74(79)58-51-44-35-32-29-26-24-21-19-18-20-23-25-28-31-34-42-49-56-69(6)9-2/h15-17,22,68-73,78H,8-14,18-21,23-67H2,1-7H3,(H,83,84)(H,85,86)/b16-15-,22-17-/t69?,70?,71-,72+,73+/m0/s1. The zero-order chi connectivity index (χ0) is 70.9. The molecule has 0 radical (unpaired) electrons. The van der Waals surface area contributed by atoms with E-state index in [1.165, 1.54) is 161 Å². The second-order valence-corrected chi connectivity index (χ2v) is 30.9. The van der Waals surface area contributed by atoms with Crippen molar-refractivity contribution in [3.8, 4) is 0 Å². The Labute approximate surface area is 586 Å². The van der Waals surface area contributed by atoms with E-state index in [1.54, 1.807) is 0 Å². The second-order valence-electron chi connectivity index (χ2n) is 28.0. The molecule has 4 unspecified atom stereocenters. The number of hydrogen-bond acceptors (Lipinski definition) is 15. The monoisotopic (exact) mass is 1410 g/mol. The maximum Gasteiger partial charge on any atom is 0.472 e. The van der Waals surface area contributed by atoms with E-state index in [9.17, 15) is 43.2 Å². The minimum absolute atomic E-state index is 0.0837. The predicted octanol–water partition coefficient (Wildman–Crippen LogP) is 22.1. The van der Waals surface area contributed by atoms with Gasteiger partial charge in [-0.15, -0.1) is 0 Å². The average Bonchev–Trinajstić information content (AvgIpc) is 1.72. The number of ether oxygens (including phenoxy) is 4. The van der Waals surface area contributed by atoms with Crippen LogP contribution in [0.15, 0.2) is 24.3 Å². The fraction of sp³-hybridized carbons (Fsp3) is 0.896. The Kier molecular flexibility index (Phi) is 65.3. The summed E-state index contributed by atoms with van der Waals surface area (Å²) in [5.41, 5.74) is 0. The largest absolute Gasteiger partial charge is 0.472 e. The molecule has 0 heterocycles. The van der Waals surface area contributed by atoms with Gasteiger partial charge >= 0.3 is 39.5 Å². The van der Waals surface area contributed by atoms with Crippen molar-refractivity contribution in [3.63, 3.8) is 0 Å². The minimum atomic E-state index is -4.96. The van der Waals surface area contributed by atoms with Gasteiger partial charge in [0.1, 0.15) is 19.3 Å². The van der Waals surface area contributed by atoms with Crippen LogP contribution in [0.5, 0.6) is 0 Å². The van der Waals surface area contributed by atoms with Gasteiger partial charge in [-0.3, -0.25) is 37.3 Å². The average molecular weight is 1410 g/mol. The number of carbonyl (C=O) groups excluding carboxylic acids is 4. The van der Waals surface area contributed by atoms with Crippen molar-refractivity contribution in [2.75, 3.05) is 39.6 Å². The molecule has 0 fully saturated rings. The van der Waals surface area contributed by atoms with Gasteiger partial charge in [0.25, 0.3) is 0 Å². The van der Waals surface area contributed by atoms with Crippen LogP contribution < -0.4 is 0 Å². The van der Waals surface area contributed by atoms with E-state index in [1.807, 2.05) is 0 Å². The van der Waals surface area contributed by atoms with Gasteiger partial charge in [0.05, 0.1) is 26.4 Å². The molecule has 7 atom stereocenters. The second kappa shape index (κ2) is 67.1.